The van der Waals surface area contributed by atoms with E-state index in [0.29, 0.717) is 18.3 Å². The van der Waals surface area contributed by atoms with E-state index in [9.17, 15) is 23.1 Å². The summed E-state index contributed by atoms with van der Waals surface area (Å²) in [6.45, 7) is 6.48. The summed E-state index contributed by atoms with van der Waals surface area (Å²) in [6, 6.07) is 5.80. The summed E-state index contributed by atoms with van der Waals surface area (Å²) < 4.78 is 39.3. The van der Waals surface area contributed by atoms with Crippen molar-refractivity contribution in [3.63, 3.8) is 0 Å². The Morgan fingerprint density at radius 1 is 1.09 bits per heavy atom. The smallest absolute Gasteiger partial charge is 0.416 e. The molecular formula is C26H41F3N2O2. The Labute approximate surface area is 196 Å². The first-order chi connectivity index (χ1) is 15.2. The Kier molecular flexibility index (Phi) is 10.2. The van der Waals surface area contributed by atoms with Crippen molar-refractivity contribution in [3.05, 3.63) is 35.4 Å². The molecule has 2 aliphatic carbocycles. The van der Waals surface area contributed by atoms with Gasteiger partial charge in [-0.05, 0) is 79.9 Å². The third-order valence-corrected chi connectivity index (χ3v) is 7.72. The number of carbonyl (C=O) groups excluding carboxylic acids is 1. The van der Waals surface area contributed by atoms with E-state index in [2.05, 4.69) is 18.7 Å². The number of aliphatic carboxylic acids is 1. The summed E-state index contributed by atoms with van der Waals surface area (Å²) in [4.78, 5) is 13.8. The Bertz CT molecular complexity index is 732. The van der Waals surface area contributed by atoms with Gasteiger partial charge in [-0.3, -0.25) is 4.90 Å². The van der Waals surface area contributed by atoms with Gasteiger partial charge in [0.05, 0.1) is 5.56 Å². The Morgan fingerprint density at radius 2 is 1.73 bits per heavy atom. The van der Waals surface area contributed by atoms with Crippen LogP contribution in [0.5, 0.6) is 0 Å². The van der Waals surface area contributed by atoms with E-state index >= 15 is 0 Å². The lowest BCUT2D eigenvalue weighted by Gasteiger charge is -2.45. The van der Waals surface area contributed by atoms with Gasteiger partial charge in [-0.25, -0.2) is 0 Å². The molecule has 188 valence electrons. The number of hydrogen-bond acceptors (Lipinski definition) is 3. The summed E-state index contributed by atoms with van der Waals surface area (Å²) in [6.07, 6.45) is 4.22. The summed E-state index contributed by atoms with van der Waals surface area (Å²) in [7, 11) is 0. The van der Waals surface area contributed by atoms with Crippen LogP contribution in [0.2, 0.25) is 0 Å². The average Bonchev–Trinajstić information content (AvgIpc) is 3.25. The molecule has 0 heterocycles. The largest absolute Gasteiger partial charge is 0.550 e. The van der Waals surface area contributed by atoms with Crippen LogP contribution in [0.3, 0.4) is 0 Å². The van der Waals surface area contributed by atoms with Gasteiger partial charge in [0.25, 0.3) is 0 Å². The van der Waals surface area contributed by atoms with Crippen LogP contribution >= 0.6 is 0 Å². The van der Waals surface area contributed by atoms with Crippen molar-refractivity contribution in [1.82, 2.24) is 11.1 Å². The van der Waals surface area contributed by atoms with Gasteiger partial charge in [-0.1, -0.05) is 45.2 Å². The molecule has 2 aliphatic rings. The molecule has 2 fully saturated rings. The summed E-state index contributed by atoms with van der Waals surface area (Å²) in [5.74, 6) is 0.252. The molecular weight excluding hydrogens is 429 g/mol. The molecule has 2 saturated carbocycles. The Balaban J connectivity index is 0.00000385. The monoisotopic (exact) mass is 470 g/mol. The molecule has 4 nitrogen and oxygen atoms in total. The fourth-order valence-corrected chi connectivity index (χ4v) is 5.78. The SMILES string of the molecule is CCC(C)CN(CC1CCCC1)[C@@H]1CC[C@@H](CC(=O)[O-])C[C@H]1c1ccc(C(F)(F)F)cc1.[NH4+]. The maximum absolute atomic E-state index is 13.1. The summed E-state index contributed by atoms with van der Waals surface area (Å²) in [5, 5.41) is 11.2. The number of nitrogens with zero attached hydrogens (tertiary/aromatic N) is 1. The predicted molar refractivity (Wildman–Crippen MR) is 124 cm³/mol. The quantitative estimate of drug-likeness (QED) is 0.480. The normalized spacial score (nSPS) is 25.1. The fourth-order valence-electron chi connectivity index (χ4n) is 5.78. The van der Waals surface area contributed by atoms with Crippen molar-refractivity contribution < 1.29 is 23.1 Å². The highest BCUT2D eigenvalue weighted by atomic mass is 19.4. The average molecular weight is 471 g/mol. The number of carboxylic acids is 1. The van der Waals surface area contributed by atoms with Gasteiger partial charge < -0.3 is 16.1 Å². The van der Waals surface area contributed by atoms with E-state index in [-0.39, 0.29) is 30.4 Å². The van der Waals surface area contributed by atoms with Gasteiger partial charge in [0.15, 0.2) is 0 Å². The maximum Gasteiger partial charge on any atom is 0.416 e. The number of carbonyl (C=O) groups is 1. The second-order valence-corrected chi connectivity index (χ2v) is 10.2. The van der Waals surface area contributed by atoms with Crippen LogP contribution in [0.1, 0.15) is 88.7 Å². The molecule has 33 heavy (non-hydrogen) atoms. The van der Waals surface area contributed by atoms with E-state index in [1.54, 1.807) is 12.1 Å². The minimum Gasteiger partial charge on any atom is -0.550 e. The van der Waals surface area contributed by atoms with Gasteiger partial charge >= 0.3 is 6.18 Å². The Morgan fingerprint density at radius 3 is 2.27 bits per heavy atom. The van der Waals surface area contributed by atoms with Crippen LogP contribution < -0.4 is 11.3 Å². The second-order valence-electron chi connectivity index (χ2n) is 10.2. The van der Waals surface area contributed by atoms with E-state index in [0.717, 1.165) is 37.9 Å². The molecule has 1 aromatic carbocycles. The zero-order valence-electron chi connectivity index (χ0n) is 20.4. The van der Waals surface area contributed by atoms with Crippen molar-refractivity contribution >= 4 is 5.97 Å². The molecule has 4 atom stereocenters. The van der Waals surface area contributed by atoms with E-state index < -0.39 is 17.7 Å². The van der Waals surface area contributed by atoms with Crippen molar-refractivity contribution in [2.75, 3.05) is 13.1 Å². The van der Waals surface area contributed by atoms with Crippen LogP contribution in [-0.4, -0.2) is 30.0 Å². The minimum atomic E-state index is -4.35. The lowest BCUT2D eigenvalue weighted by atomic mass is 9.72. The second kappa shape index (κ2) is 12.2. The van der Waals surface area contributed by atoms with E-state index in [4.69, 9.17) is 0 Å². The number of carboxylic acid groups (broad SMARTS) is 1. The lowest BCUT2D eigenvalue weighted by Crippen LogP contribution is -2.47. The van der Waals surface area contributed by atoms with Crippen molar-refractivity contribution in [2.45, 2.75) is 89.8 Å². The van der Waals surface area contributed by atoms with Crippen molar-refractivity contribution in [2.24, 2.45) is 17.8 Å². The molecule has 1 aromatic rings. The summed E-state index contributed by atoms with van der Waals surface area (Å²) in [5.41, 5.74) is 0.258. The standard InChI is InChI=1S/C26H38F3NO2.H3N/c1-3-18(2)16-30(17-19-6-4-5-7-19)24-13-8-20(15-25(31)32)14-23(24)21-9-11-22(12-10-21)26(27,28)29;/h9-12,18-20,23-24H,3-8,13-17H2,1-2H3,(H,31,32);1H3/t18?,20-,23+,24-;/m1./s1. The first-order valence-corrected chi connectivity index (χ1v) is 12.3. The predicted octanol–water partition coefficient (Wildman–Crippen LogP) is 6.01. The highest BCUT2D eigenvalue weighted by molar-refractivity contribution is 5.64. The number of quaternary nitrogens is 1. The van der Waals surface area contributed by atoms with Crippen LogP contribution in [0.15, 0.2) is 24.3 Å². The zero-order chi connectivity index (χ0) is 23.3. The summed E-state index contributed by atoms with van der Waals surface area (Å²) >= 11 is 0. The van der Waals surface area contributed by atoms with Crippen LogP contribution in [0.4, 0.5) is 13.2 Å². The molecule has 3 rings (SSSR count). The molecule has 1 unspecified atom stereocenters. The molecule has 0 radical (unpaired) electrons. The number of halogens is 3. The van der Waals surface area contributed by atoms with Crippen molar-refractivity contribution in [3.8, 4) is 0 Å². The lowest BCUT2D eigenvalue weighted by molar-refractivity contribution is -0.307. The third-order valence-electron chi connectivity index (χ3n) is 7.72. The molecule has 0 spiro atoms. The first-order valence-electron chi connectivity index (χ1n) is 12.3. The molecule has 0 aliphatic heterocycles. The fraction of sp³-hybridized carbons (Fsp3) is 0.731. The molecule has 0 aromatic heterocycles. The number of rotatable bonds is 9. The third kappa shape index (κ3) is 7.71. The van der Waals surface area contributed by atoms with E-state index in [1.807, 2.05) is 0 Å². The van der Waals surface area contributed by atoms with Gasteiger partial charge in [-0.2, -0.15) is 13.2 Å². The molecule has 0 bridgehead atoms. The zero-order valence-corrected chi connectivity index (χ0v) is 20.4. The van der Waals surface area contributed by atoms with Crippen molar-refractivity contribution in [1.29, 1.82) is 0 Å². The van der Waals surface area contributed by atoms with Gasteiger partial charge in [0.2, 0.25) is 0 Å². The number of hydrogen-bond donors (Lipinski definition) is 1. The van der Waals surface area contributed by atoms with Crippen LogP contribution in [-0.2, 0) is 11.0 Å². The highest BCUT2D eigenvalue weighted by Gasteiger charge is 2.37. The van der Waals surface area contributed by atoms with Gasteiger partial charge in [0, 0.05) is 25.1 Å². The maximum atomic E-state index is 13.1. The number of benzene rings is 1. The Hall–Kier alpha value is -1.60. The van der Waals surface area contributed by atoms with Crippen LogP contribution in [0.25, 0.3) is 0 Å². The highest BCUT2D eigenvalue weighted by Crippen LogP contribution is 2.42. The first kappa shape index (κ1) is 27.6. The minimum absolute atomic E-state index is 0. The van der Waals surface area contributed by atoms with Gasteiger partial charge in [0.1, 0.15) is 0 Å². The molecule has 4 N–H and O–H groups in total. The molecule has 0 amide bonds. The number of alkyl halides is 3. The van der Waals surface area contributed by atoms with E-state index in [1.165, 1.54) is 37.8 Å². The topological polar surface area (TPSA) is 79.9 Å². The molecule has 7 heteroatoms. The van der Waals surface area contributed by atoms with Crippen LogP contribution in [0, 0.1) is 17.8 Å². The van der Waals surface area contributed by atoms with Gasteiger partial charge in [-0.15, -0.1) is 0 Å². The molecule has 0 saturated heterocycles.